The van der Waals surface area contributed by atoms with Crippen LogP contribution in [0.3, 0.4) is 0 Å². The van der Waals surface area contributed by atoms with Crippen LogP contribution in [-0.2, 0) is 4.74 Å². The number of carbonyl (C=O) groups is 1. The van der Waals surface area contributed by atoms with E-state index in [0.717, 1.165) is 4.80 Å². The third-order valence-electron chi connectivity index (χ3n) is 3.58. The van der Waals surface area contributed by atoms with Gasteiger partial charge in [0, 0.05) is 5.02 Å². The van der Waals surface area contributed by atoms with Crippen molar-refractivity contribution in [3.05, 3.63) is 74.7 Å². The molecule has 0 fully saturated rings. The maximum Gasteiger partial charge on any atom is 0.438 e. The lowest BCUT2D eigenvalue weighted by Gasteiger charge is -2.01. The van der Waals surface area contributed by atoms with Crippen LogP contribution >= 0.6 is 11.6 Å². The van der Waals surface area contributed by atoms with Crippen LogP contribution in [0.1, 0.15) is 17.3 Å². The molecular weight excluding hydrogens is 390 g/mol. The number of hydrogen-bond acceptors (Lipinski definition) is 7. The van der Waals surface area contributed by atoms with E-state index in [9.17, 15) is 20.1 Å². The Morgan fingerprint density at radius 3 is 2.64 bits per heavy atom. The largest absolute Gasteiger partial charge is 0.462 e. The molecular formula is C17H14ClN5O5. The third-order valence-corrected chi connectivity index (χ3v) is 3.82. The minimum absolute atomic E-state index is 0.240. The lowest BCUT2D eigenvalue weighted by atomic mass is 10.2. The van der Waals surface area contributed by atoms with Crippen LogP contribution in [0, 0.1) is 10.1 Å². The summed E-state index contributed by atoms with van der Waals surface area (Å²) in [5.74, 6) is -1.15. The van der Waals surface area contributed by atoms with Crippen molar-refractivity contribution in [2.75, 3.05) is 6.61 Å². The van der Waals surface area contributed by atoms with Crippen molar-refractivity contribution >= 4 is 29.1 Å². The maximum atomic E-state index is 11.7. The quantitative estimate of drug-likeness (QED) is 0.302. The van der Waals surface area contributed by atoms with Crippen LogP contribution < -0.4 is 5.49 Å². The first kappa shape index (κ1) is 19.1. The van der Waals surface area contributed by atoms with E-state index in [1.807, 2.05) is 0 Å². The average molecular weight is 404 g/mol. The monoisotopic (exact) mass is 403 g/mol. The second kappa shape index (κ2) is 7.92. The first-order chi connectivity index (χ1) is 13.4. The molecule has 144 valence electrons. The fourth-order valence-corrected chi connectivity index (χ4v) is 2.53. The molecule has 3 rings (SSSR count). The van der Waals surface area contributed by atoms with Crippen LogP contribution in [0.4, 0.5) is 11.5 Å². The molecule has 0 saturated carbocycles. The number of nitrogens with zero attached hydrogens (tertiary/aromatic N) is 5. The highest BCUT2D eigenvalue weighted by Crippen LogP contribution is 2.16. The van der Waals surface area contributed by atoms with Gasteiger partial charge in [0.15, 0.2) is 0 Å². The molecule has 0 aliphatic rings. The van der Waals surface area contributed by atoms with Crippen LogP contribution in [-0.4, -0.2) is 37.4 Å². The van der Waals surface area contributed by atoms with Crippen LogP contribution in [0.5, 0.6) is 0 Å². The lowest BCUT2D eigenvalue weighted by Crippen LogP contribution is -2.22. The number of esters is 1. The highest BCUT2D eigenvalue weighted by atomic mass is 35.5. The molecule has 0 spiro atoms. The van der Waals surface area contributed by atoms with Crippen molar-refractivity contribution in [2.45, 2.75) is 6.92 Å². The molecule has 0 bridgehead atoms. The Hall–Kier alpha value is -3.66. The van der Waals surface area contributed by atoms with Gasteiger partial charge in [-0.25, -0.2) is 9.79 Å². The average Bonchev–Trinajstić information content (AvgIpc) is 2.99. The van der Waals surface area contributed by atoms with E-state index < -0.39 is 22.2 Å². The van der Waals surface area contributed by atoms with Gasteiger partial charge in [-0.3, -0.25) is 0 Å². The Morgan fingerprint density at radius 2 is 2.04 bits per heavy atom. The molecule has 28 heavy (non-hydrogen) atoms. The lowest BCUT2D eigenvalue weighted by molar-refractivity contribution is -0.391. The van der Waals surface area contributed by atoms with Crippen molar-refractivity contribution in [1.82, 2.24) is 14.7 Å². The summed E-state index contributed by atoms with van der Waals surface area (Å²) in [4.78, 5) is 27.7. The number of rotatable bonds is 5. The zero-order valence-electron chi connectivity index (χ0n) is 14.5. The molecule has 3 aromatic rings. The second-order valence-electron chi connectivity index (χ2n) is 5.44. The summed E-state index contributed by atoms with van der Waals surface area (Å²) < 4.78 is 4.89. The van der Waals surface area contributed by atoms with E-state index in [2.05, 4.69) is 10.1 Å². The Balaban J connectivity index is 2.08. The molecule has 1 N–H and O–H groups in total. The van der Waals surface area contributed by atoms with Gasteiger partial charge in [-0.15, -0.1) is 0 Å². The molecule has 0 aliphatic carbocycles. The predicted molar refractivity (Wildman–Crippen MR) is 98.0 cm³/mol. The van der Waals surface area contributed by atoms with E-state index in [-0.39, 0.29) is 12.3 Å². The van der Waals surface area contributed by atoms with Crippen molar-refractivity contribution in [2.24, 2.45) is 4.99 Å². The number of nitro groups is 1. The molecule has 1 aromatic heterocycles. The van der Waals surface area contributed by atoms with Gasteiger partial charge in [-0.2, -0.15) is 0 Å². The maximum absolute atomic E-state index is 11.7. The smallest absolute Gasteiger partial charge is 0.438 e. The predicted octanol–water partition coefficient (Wildman–Crippen LogP) is 2.88. The molecule has 0 unspecified atom stereocenters. The summed E-state index contributed by atoms with van der Waals surface area (Å²) in [6.45, 7) is 1.93. The summed E-state index contributed by atoms with van der Waals surface area (Å²) in [6.07, 6.45) is 0. The third kappa shape index (κ3) is 3.86. The molecule has 1 heterocycles. The Kier molecular flexibility index (Phi) is 5.41. The Labute approximate surface area is 163 Å². The normalized spacial score (nSPS) is 11.4. The van der Waals surface area contributed by atoms with E-state index in [1.165, 1.54) is 30.3 Å². The SMILES string of the molecule is CCOC(=O)c1ccc(N=c2c([N+](=O)[O-])nn(-c3cccc(Cl)c3)n2O)cc1. The molecule has 0 aliphatic heterocycles. The first-order valence-corrected chi connectivity index (χ1v) is 8.42. The standard InChI is InChI=1S/C17H14ClN5O5/c1-2-28-17(24)11-6-8-13(9-7-11)19-15-16(23(26)27)20-21(22(15)25)14-5-3-4-12(18)10-14/h3-10,25H,2H2,1H3. The van der Waals surface area contributed by atoms with Gasteiger partial charge < -0.3 is 20.1 Å². The fraction of sp³-hybridized carbons (Fsp3) is 0.118. The molecule has 2 aromatic carbocycles. The van der Waals surface area contributed by atoms with Gasteiger partial charge in [0.2, 0.25) is 0 Å². The number of halogens is 1. The molecule has 0 saturated heterocycles. The topological polar surface area (TPSA) is 125 Å². The number of benzene rings is 2. The molecule has 10 nitrogen and oxygen atoms in total. The Bertz CT molecular complexity index is 1100. The van der Waals surface area contributed by atoms with Crippen molar-refractivity contribution in [1.29, 1.82) is 0 Å². The van der Waals surface area contributed by atoms with Gasteiger partial charge in [0.05, 0.1) is 23.0 Å². The first-order valence-electron chi connectivity index (χ1n) is 8.04. The van der Waals surface area contributed by atoms with Crippen molar-refractivity contribution < 1.29 is 19.7 Å². The summed E-state index contributed by atoms with van der Waals surface area (Å²) in [6, 6.07) is 12.1. The zero-order chi connectivity index (χ0) is 20.3. The van der Waals surface area contributed by atoms with Gasteiger partial charge in [-0.1, -0.05) is 22.5 Å². The van der Waals surface area contributed by atoms with E-state index in [0.29, 0.717) is 21.1 Å². The van der Waals surface area contributed by atoms with Gasteiger partial charge in [0.25, 0.3) is 5.49 Å². The summed E-state index contributed by atoms with van der Waals surface area (Å²) in [5.41, 5.74) is 0.484. The molecule has 0 amide bonds. The minimum Gasteiger partial charge on any atom is -0.462 e. The van der Waals surface area contributed by atoms with Crippen molar-refractivity contribution in [3.63, 3.8) is 0 Å². The molecule has 11 heteroatoms. The van der Waals surface area contributed by atoms with Gasteiger partial charge in [0.1, 0.15) is 5.69 Å². The van der Waals surface area contributed by atoms with E-state index in [4.69, 9.17) is 16.3 Å². The van der Waals surface area contributed by atoms with Crippen molar-refractivity contribution in [3.8, 4) is 5.69 Å². The van der Waals surface area contributed by atoms with Gasteiger partial charge in [-0.05, 0) is 59.1 Å². The summed E-state index contributed by atoms with van der Waals surface area (Å²) in [5, 5.41) is 25.9. The van der Waals surface area contributed by atoms with E-state index in [1.54, 1.807) is 25.1 Å². The highest BCUT2D eigenvalue weighted by Gasteiger charge is 2.24. The number of hydrogen-bond donors (Lipinski definition) is 1. The molecule has 0 atom stereocenters. The summed E-state index contributed by atoms with van der Waals surface area (Å²) in [7, 11) is 0. The number of carbonyl (C=O) groups excluding carboxylic acids is 1. The van der Waals surface area contributed by atoms with Crippen LogP contribution in [0.25, 0.3) is 5.69 Å². The summed E-state index contributed by atoms with van der Waals surface area (Å²) >= 11 is 5.92. The van der Waals surface area contributed by atoms with Crippen LogP contribution in [0.15, 0.2) is 53.5 Å². The van der Waals surface area contributed by atoms with E-state index >= 15 is 0 Å². The second-order valence-corrected chi connectivity index (χ2v) is 5.88. The number of ether oxygens (including phenoxy) is 1. The zero-order valence-corrected chi connectivity index (χ0v) is 15.3. The minimum atomic E-state index is -0.764. The van der Waals surface area contributed by atoms with Crippen LogP contribution in [0.2, 0.25) is 5.02 Å². The Morgan fingerprint density at radius 1 is 1.32 bits per heavy atom. The van der Waals surface area contributed by atoms with Gasteiger partial charge >= 0.3 is 11.8 Å². The highest BCUT2D eigenvalue weighted by molar-refractivity contribution is 6.30. The molecule has 0 radical (unpaired) electrons. The number of aromatic nitrogens is 3. The fourth-order valence-electron chi connectivity index (χ4n) is 2.35.